The molecule has 0 bridgehead atoms. The van der Waals surface area contributed by atoms with Crippen molar-refractivity contribution in [2.45, 2.75) is 58.6 Å². The minimum atomic E-state index is -0.508. The summed E-state index contributed by atoms with van der Waals surface area (Å²) >= 11 is 0. The van der Waals surface area contributed by atoms with Crippen LogP contribution in [0, 0.1) is 0 Å². The van der Waals surface area contributed by atoms with Crippen molar-refractivity contribution < 1.29 is 14.3 Å². The molecule has 1 heterocycles. The third-order valence-electron chi connectivity index (χ3n) is 4.15. The monoisotopic (exact) mass is 361 g/mol. The predicted octanol–water partition coefficient (Wildman–Crippen LogP) is 3.21. The van der Waals surface area contributed by atoms with E-state index in [1.807, 2.05) is 20.8 Å². The van der Waals surface area contributed by atoms with Gasteiger partial charge in [0, 0.05) is 38.3 Å². The van der Waals surface area contributed by atoms with Crippen LogP contribution in [0.4, 0.5) is 10.5 Å². The van der Waals surface area contributed by atoms with E-state index in [0.29, 0.717) is 25.9 Å². The Balaban J connectivity index is 1.60. The molecule has 0 aliphatic carbocycles. The van der Waals surface area contributed by atoms with E-state index in [-0.39, 0.29) is 5.91 Å². The number of carbonyl (C=O) groups is 2. The summed E-state index contributed by atoms with van der Waals surface area (Å²) in [4.78, 5) is 25.8. The van der Waals surface area contributed by atoms with Crippen molar-refractivity contribution in [2.75, 3.05) is 24.5 Å². The summed E-state index contributed by atoms with van der Waals surface area (Å²) in [5.41, 5.74) is 1.84. The van der Waals surface area contributed by atoms with Crippen LogP contribution in [-0.2, 0) is 16.1 Å². The average molecular weight is 361 g/mol. The van der Waals surface area contributed by atoms with Crippen molar-refractivity contribution in [1.29, 1.82) is 0 Å². The normalized spacial score (nSPS) is 14.2. The van der Waals surface area contributed by atoms with Gasteiger partial charge in [-0.15, -0.1) is 0 Å². The first-order chi connectivity index (χ1) is 12.3. The number of carbonyl (C=O) groups excluding carboxylic acids is 2. The van der Waals surface area contributed by atoms with Crippen LogP contribution < -0.4 is 15.5 Å². The number of alkyl carbamates (subject to hydrolysis) is 1. The molecule has 6 nitrogen and oxygen atoms in total. The molecule has 2 amide bonds. The molecule has 0 spiro atoms. The Morgan fingerprint density at radius 3 is 2.35 bits per heavy atom. The van der Waals surface area contributed by atoms with Crippen molar-refractivity contribution in [1.82, 2.24) is 10.6 Å². The van der Waals surface area contributed by atoms with Crippen molar-refractivity contribution in [3.05, 3.63) is 29.8 Å². The highest BCUT2D eigenvalue weighted by Crippen LogP contribution is 2.20. The maximum atomic E-state index is 11.9. The van der Waals surface area contributed by atoms with Crippen LogP contribution >= 0.6 is 0 Å². The number of amides is 2. The van der Waals surface area contributed by atoms with Gasteiger partial charge in [0.1, 0.15) is 5.60 Å². The van der Waals surface area contributed by atoms with Gasteiger partial charge in [-0.25, -0.2) is 4.79 Å². The molecule has 0 saturated carbocycles. The number of anilines is 1. The zero-order valence-electron chi connectivity index (χ0n) is 16.1. The largest absolute Gasteiger partial charge is 0.444 e. The standard InChI is InChI=1S/C20H31N3O3/c1-20(2,3)26-19(25)21-12-6-7-18(24)22-15-16-8-10-17(11-9-16)23-13-4-5-14-23/h8-11H,4-7,12-15H2,1-3H3,(H,21,25)(H,22,24). The lowest BCUT2D eigenvalue weighted by molar-refractivity contribution is -0.121. The Morgan fingerprint density at radius 1 is 1.08 bits per heavy atom. The van der Waals surface area contributed by atoms with E-state index in [1.165, 1.54) is 18.5 Å². The molecule has 1 aromatic carbocycles. The number of ether oxygens (including phenoxy) is 1. The van der Waals surface area contributed by atoms with Crippen LogP contribution in [0.3, 0.4) is 0 Å². The van der Waals surface area contributed by atoms with Gasteiger partial charge >= 0.3 is 6.09 Å². The fourth-order valence-electron chi connectivity index (χ4n) is 2.84. The quantitative estimate of drug-likeness (QED) is 0.732. The lowest BCUT2D eigenvalue weighted by atomic mass is 10.2. The van der Waals surface area contributed by atoms with Gasteiger partial charge in [0.25, 0.3) is 0 Å². The van der Waals surface area contributed by atoms with Gasteiger partial charge in [0.15, 0.2) is 0 Å². The number of rotatable bonds is 7. The Hall–Kier alpha value is -2.24. The topological polar surface area (TPSA) is 70.7 Å². The second-order valence-corrected chi connectivity index (χ2v) is 7.67. The summed E-state index contributed by atoms with van der Waals surface area (Å²) in [5.74, 6) is -0.0143. The van der Waals surface area contributed by atoms with Crippen molar-refractivity contribution >= 4 is 17.7 Å². The zero-order chi connectivity index (χ0) is 19.0. The molecule has 2 rings (SSSR count). The SMILES string of the molecule is CC(C)(C)OC(=O)NCCCC(=O)NCc1ccc(N2CCCC2)cc1. The summed E-state index contributed by atoms with van der Waals surface area (Å²) in [6.45, 7) is 8.67. The molecule has 6 heteroatoms. The minimum absolute atomic E-state index is 0.0143. The molecule has 144 valence electrons. The van der Waals surface area contributed by atoms with Crippen molar-refractivity contribution in [2.24, 2.45) is 0 Å². The fraction of sp³-hybridized carbons (Fsp3) is 0.600. The molecular weight excluding hydrogens is 330 g/mol. The van der Waals surface area contributed by atoms with Crippen LogP contribution in [-0.4, -0.2) is 37.2 Å². The third kappa shape index (κ3) is 7.33. The number of hydrogen-bond donors (Lipinski definition) is 2. The summed E-state index contributed by atoms with van der Waals surface area (Å²) < 4.78 is 5.14. The van der Waals surface area contributed by atoms with E-state index < -0.39 is 11.7 Å². The Labute approximate surface area is 156 Å². The Kier molecular flexibility index (Phi) is 7.30. The molecule has 0 atom stereocenters. The molecule has 1 aliphatic heterocycles. The fourth-order valence-corrected chi connectivity index (χ4v) is 2.84. The Bertz CT molecular complexity index is 587. The predicted molar refractivity (Wildman–Crippen MR) is 103 cm³/mol. The van der Waals surface area contributed by atoms with Crippen LogP contribution in [0.15, 0.2) is 24.3 Å². The smallest absolute Gasteiger partial charge is 0.407 e. The molecule has 2 N–H and O–H groups in total. The first kappa shape index (κ1) is 20.1. The first-order valence-electron chi connectivity index (χ1n) is 9.41. The van der Waals surface area contributed by atoms with Crippen LogP contribution in [0.5, 0.6) is 0 Å². The Morgan fingerprint density at radius 2 is 1.73 bits per heavy atom. The summed E-state index contributed by atoms with van der Waals surface area (Å²) in [7, 11) is 0. The molecule has 1 fully saturated rings. The summed E-state index contributed by atoms with van der Waals surface area (Å²) in [6.07, 6.45) is 3.04. The third-order valence-corrected chi connectivity index (χ3v) is 4.15. The van der Waals surface area contributed by atoms with E-state index in [0.717, 1.165) is 18.7 Å². The summed E-state index contributed by atoms with van der Waals surface area (Å²) in [6, 6.07) is 8.38. The lowest BCUT2D eigenvalue weighted by Crippen LogP contribution is -2.33. The second kappa shape index (κ2) is 9.46. The minimum Gasteiger partial charge on any atom is -0.444 e. The first-order valence-corrected chi connectivity index (χ1v) is 9.41. The molecule has 1 aromatic rings. The molecule has 1 saturated heterocycles. The van der Waals surface area contributed by atoms with E-state index >= 15 is 0 Å². The molecule has 0 unspecified atom stereocenters. The zero-order valence-corrected chi connectivity index (χ0v) is 16.1. The van der Waals surface area contributed by atoms with Crippen molar-refractivity contribution in [3.8, 4) is 0 Å². The molecule has 0 aromatic heterocycles. The van der Waals surface area contributed by atoms with Gasteiger partial charge in [0.05, 0.1) is 0 Å². The van der Waals surface area contributed by atoms with E-state index in [2.05, 4.69) is 39.8 Å². The van der Waals surface area contributed by atoms with Gasteiger partial charge < -0.3 is 20.3 Å². The van der Waals surface area contributed by atoms with Gasteiger partial charge in [-0.05, 0) is 57.7 Å². The lowest BCUT2D eigenvalue weighted by Gasteiger charge is -2.19. The van der Waals surface area contributed by atoms with Gasteiger partial charge in [0.2, 0.25) is 5.91 Å². The van der Waals surface area contributed by atoms with Crippen LogP contribution in [0.1, 0.15) is 52.0 Å². The van der Waals surface area contributed by atoms with Gasteiger partial charge in [-0.1, -0.05) is 12.1 Å². The van der Waals surface area contributed by atoms with E-state index in [9.17, 15) is 9.59 Å². The molecule has 0 radical (unpaired) electrons. The summed E-state index contributed by atoms with van der Waals surface area (Å²) in [5, 5.41) is 5.57. The molecular formula is C20H31N3O3. The van der Waals surface area contributed by atoms with E-state index in [4.69, 9.17) is 4.74 Å². The maximum Gasteiger partial charge on any atom is 0.407 e. The number of nitrogens with zero attached hydrogens (tertiary/aromatic N) is 1. The molecule has 26 heavy (non-hydrogen) atoms. The highest BCUT2D eigenvalue weighted by Gasteiger charge is 2.15. The van der Waals surface area contributed by atoms with Crippen LogP contribution in [0.25, 0.3) is 0 Å². The van der Waals surface area contributed by atoms with E-state index in [1.54, 1.807) is 0 Å². The molecule has 1 aliphatic rings. The average Bonchev–Trinajstić information content (AvgIpc) is 3.10. The second-order valence-electron chi connectivity index (χ2n) is 7.67. The van der Waals surface area contributed by atoms with Crippen molar-refractivity contribution in [3.63, 3.8) is 0 Å². The highest BCUT2D eigenvalue weighted by atomic mass is 16.6. The van der Waals surface area contributed by atoms with Gasteiger partial charge in [-0.2, -0.15) is 0 Å². The van der Waals surface area contributed by atoms with Crippen LogP contribution in [0.2, 0.25) is 0 Å². The highest BCUT2D eigenvalue weighted by molar-refractivity contribution is 5.76. The maximum absolute atomic E-state index is 11.9. The van der Waals surface area contributed by atoms with Gasteiger partial charge in [-0.3, -0.25) is 4.79 Å². The number of hydrogen-bond acceptors (Lipinski definition) is 4. The number of benzene rings is 1. The number of nitrogens with one attached hydrogen (secondary N) is 2.